The van der Waals surface area contributed by atoms with E-state index in [2.05, 4.69) is 17.6 Å². The van der Waals surface area contributed by atoms with E-state index in [1.54, 1.807) is 0 Å². The normalized spacial score (nSPS) is 32.3. The van der Waals surface area contributed by atoms with Crippen LogP contribution in [-0.2, 0) is 9.53 Å². The fourth-order valence-corrected chi connectivity index (χ4v) is 2.49. The van der Waals surface area contributed by atoms with Crippen molar-refractivity contribution < 1.29 is 9.53 Å². The highest BCUT2D eigenvalue weighted by Crippen LogP contribution is 2.17. The molecule has 0 radical (unpaired) electrons. The summed E-state index contributed by atoms with van der Waals surface area (Å²) < 4.78 is 5.27. The first-order chi connectivity index (χ1) is 7.77. The Bertz CT molecular complexity index is 239. The zero-order valence-electron chi connectivity index (χ0n) is 10.00. The molecule has 4 nitrogen and oxygen atoms in total. The fourth-order valence-electron chi connectivity index (χ4n) is 2.49. The van der Waals surface area contributed by atoms with Crippen molar-refractivity contribution in [3.8, 4) is 0 Å². The predicted molar refractivity (Wildman–Crippen MR) is 62.1 cm³/mol. The Balaban J connectivity index is 1.80. The molecule has 0 spiro atoms. The lowest BCUT2D eigenvalue weighted by molar-refractivity contribution is -0.129. The monoisotopic (exact) mass is 226 g/mol. The maximum Gasteiger partial charge on any atom is 0.223 e. The lowest BCUT2D eigenvalue weighted by Gasteiger charge is -2.32. The van der Waals surface area contributed by atoms with E-state index in [-0.39, 0.29) is 11.8 Å². The van der Waals surface area contributed by atoms with Gasteiger partial charge in [-0.2, -0.15) is 0 Å². The van der Waals surface area contributed by atoms with Crippen LogP contribution in [0.1, 0.15) is 26.2 Å². The summed E-state index contributed by atoms with van der Waals surface area (Å²) >= 11 is 0. The molecule has 2 aliphatic rings. The van der Waals surface area contributed by atoms with Gasteiger partial charge >= 0.3 is 0 Å². The van der Waals surface area contributed by atoms with Crippen LogP contribution in [-0.4, -0.2) is 38.3 Å². The molecule has 0 aromatic heterocycles. The number of carbonyl (C=O) groups is 1. The van der Waals surface area contributed by atoms with E-state index in [1.165, 1.54) is 0 Å². The van der Waals surface area contributed by atoms with E-state index in [4.69, 9.17) is 4.74 Å². The van der Waals surface area contributed by atoms with E-state index >= 15 is 0 Å². The molecule has 2 rings (SSSR count). The highest BCUT2D eigenvalue weighted by molar-refractivity contribution is 5.79. The molecule has 2 heterocycles. The Labute approximate surface area is 97.1 Å². The van der Waals surface area contributed by atoms with E-state index in [0.717, 1.165) is 45.6 Å². The summed E-state index contributed by atoms with van der Waals surface area (Å²) in [5.41, 5.74) is 0. The third kappa shape index (κ3) is 2.95. The standard InChI is InChI=1S/C12H22N2O2/c1-9-8-13-5-2-11(9)14-12(15)10-3-6-16-7-4-10/h9-11,13H,2-8H2,1H3,(H,14,15). The van der Waals surface area contributed by atoms with Crippen LogP contribution in [0.2, 0.25) is 0 Å². The molecule has 2 unspecified atom stereocenters. The second-order valence-electron chi connectivity index (χ2n) is 4.97. The first kappa shape index (κ1) is 11.9. The number of piperidine rings is 1. The van der Waals surface area contributed by atoms with Crippen LogP contribution in [0, 0.1) is 11.8 Å². The molecule has 2 N–H and O–H groups in total. The maximum absolute atomic E-state index is 12.0. The molecule has 0 saturated carbocycles. The molecule has 2 fully saturated rings. The first-order valence-electron chi connectivity index (χ1n) is 6.36. The van der Waals surface area contributed by atoms with E-state index in [9.17, 15) is 4.79 Å². The highest BCUT2D eigenvalue weighted by Gasteiger charge is 2.27. The summed E-state index contributed by atoms with van der Waals surface area (Å²) in [5.74, 6) is 0.954. The third-order valence-electron chi connectivity index (χ3n) is 3.71. The summed E-state index contributed by atoms with van der Waals surface area (Å²) in [6, 6.07) is 0.358. The molecular formula is C12H22N2O2. The van der Waals surface area contributed by atoms with Gasteiger partial charge in [0.2, 0.25) is 5.91 Å². The summed E-state index contributed by atoms with van der Waals surface area (Å²) in [6.07, 6.45) is 2.81. The number of carbonyl (C=O) groups excluding carboxylic acids is 1. The van der Waals surface area contributed by atoms with E-state index < -0.39 is 0 Å². The molecular weight excluding hydrogens is 204 g/mol. The molecule has 0 bridgehead atoms. The Morgan fingerprint density at radius 2 is 2.06 bits per heavy atom. The van der Waals surface area contributed by atoms with Gasteiger partial charge in [-0.15, -0.1) is 0 Å². The summed E-state index contributed by atoms with van der Waals surface area (Å²) in [4.78, 5) is 12.0. The minimum atomic E-state index is 0.177. The molecule has 4 heteroatoms. The van der Waals surface area contributed by atoms with Gasteiger partial charge in [0, 0.05) is 25.2 Å². The van der Waals surface area contributed by atoms with Crippen LogP contribution < -0.4 is 10.6 Å². The van der Waals surface area contributed by atoms with Crippen molar-refractivity contribution in [3.05, 3.63) is 0 Å². The summed E-state index contributed by atoms with van der Waals surface area (Å²) in [6.45, 7) is 5.70. The molecule has 2 atom stereocenters. The van der Waals surface area contributed by atoms with Gasteiger partial charge in [0.1, 0.15) is 0 Å². The molecule has 92 valence electrons. The van der Waals surface area contributed by atoms with Crippen LogP contribution in [0.5, 0.6) is 0 Å². The molecule has 2 aliphatic heterocycles. The molecule has 2 saturated heterocycles. The van der Waals surface area contributed by atoms with Crippen LogP contribution in [0.4, 0.5) is 0 Å². The number of nitrogens with one attached hydrogen (secondary N) is 2. The zero-order chi connectivity index (χ0) is 11.4. The van der Waals surface area contributed by atoms with Crippen molar-refractivity contribution in [1.29, 1.82) is 0 Å². The van der Waals surface area contributed by atoms with Gasteiger partial charge < -0.3 is 15.4 Å². The highest BCUT2D eigenvalue weighted by atomic mass is 16.5. The number of rotatable bonds is 2. The van der Waals surface area contributed by atoms with E-state index in [1.807, 2.05) is 0 Å². The minimum absolute atomic E-state index is 0.177. The molecule has 0 aliphatic carbocycles. The Morgan fingerprint density at radius 3 is 2.75 bits per heavy atom. The van der Waals surface area contributed by atoms with Crippen LogP contribution >= 0.6 is 0 Å². The number of amides is 1. The van der Waals surface area contributed by atoms with Crippen molar-refractivity contribution >= 4 is 5.91 Å². The largest absolute Gasteiger partial charge is 0.381 e. The average Bonchev–Trinajstić information content (AvgIpc) is 2.33. The van der Waals surface area contributed by atoms with Crippen molar-refractivity contribution in [2.24, 2.45) is 11.8 Å². The Kier molecular flexibility index (Phi) is 4.18. The SMILES string of the molecule is CC1CNCCC1NC(=O)C1CCOCC1. The quantitative estimate of drug-likeness (QED) is 0.722. The summed E-state index contributed by atoms with van der Waals surface area (Å²) in [7, 11) is 0. The zero-order valence-corrected chi connectivity index (χ0v) is 10.00. The van der Waals surface area contributed by atoms with Gasteiger partial charge in [-0.25, -0.2) is 0 Å². The lowest BCUT2D eigenvalue weighted by Crippen LogP contribution is -2.50. The van der Waals surface area contributed by atoms with Crippen LogP contribution in [0.15, 0.2) is 0 Å². The topological polar surface area (TPSA) is 50.4 Å². The molecule has 0 aromatic carbocycles. The van der Waals surface area contributed by atoms with Gasteiger partial charge in [0.25, 0.3) is 0 Å². The van der Waals surface area contributed by atoms with Gasteiger partial charge in [-0.3, -0.25) is 4.79 Å². The molecule has 16 heavy (non-hydrogen) atoms. The Hall–Kier alpha value is -0.610. The summed E-state index contributed by atoms with van der Waals surface area (Å²) in [5, 5.41) is 6.55. The number of hydrogen-bond donors (Lipinski definition) is 2. The second kappa shape index (κ2) is 5.64. The maximum atomic E-state index is 12.0. The molecule has 1 amide bonds. The fraction of sp³-hybridized carbons (Fsp3) is 0.917. The van der Waals surface area contributed by atoms with Crippen molar-refractivity contribution in [2.45, 2.75) is 32.2 Å². The first-order valence-corrected chi connectivity index (χ1v) is 6.36. The van der Waals surface area contributed by atoms with Crippen molar-refractivity contribution in [2.75, 3.05) is 26.3 Å². The molecule has 0 aromatic rings. The second-order valence-corrected chi connectivity index (χ2v) is 4.97. The van der Waals surface area contributed by atoms with Gasteiger partial charge in [-0.1, -0.05) is 6.92 Å². The van der Waals surface area contributed by atoms with Gasteiger partial charge in [-0.05, 0) is 38.3 Å². The minimum Gasteiger partial charge on any atom is -0.381 e. The lowest BCUT2D eigenvalue weighted by atomic mass is 9.93. The number of hydrogen-bond acceptors (Lipinski definition) is 3. The predicted octanol–water partition coefficient (Wildman–Crippen LogP) is 0.527. The van der Waals surface area contributed by atoms with E-state index in [0.29, 0.717) is 12.0 Å². The van der Waals surface area contributed by atoms with Crippen molar-refractivity contribution in [3.63, 3.8) is 0 Å². The Morgan fingerprint density at radius 1 is 1.31 bits per heavy atom. The van der Waals surface area contributed by atoms with Crippen LogP contribution in [0.25, 0.3) is 0 Å². The smallest absolute Gasteiger partial charge is 0.223 e. The van der Waals surface area contributed by atoms with Crippen molar-refractivity contribution in [1.82, 2.24) is 10.6 Å². The number of ether oxygens (including phenoxy) is 1. The average molecular weight is 226 g/mol. The van der Waals surface area contributed by atoms with Gasteiger partial charge in [0.05, 0.1) is 0 Å². The third-order valence-corrected chi connectivity index (χ3v) is 3.71. The van der Waals surface area contributed by atoms with Gasteiger partial charge in [0.15, 0.2) is 0 Å². The van der Waals surface area contributed by atoms with Crippen LogP contribution in [0.3, 0.4) is 0 Å².